The zero-order valence-electron chi connectivity index (χ0n) is 13.7. The van der Waals surface area contributed by atoms with E-state index in [2.05, 4.69) is 26.3 Å². The van der Waals surface area contributed by atoms with Gasteiger partial charge in [-0.15, -0.1) is 11.3 Å². The Labute approximate surface area is 150 Å². The van der Waals surface area contributed by atoms with Crippen molar-refractivity contribution in [3.05, 3.63) is 59.9 Å². The number of anilines is 2. The van der Waals surface area contributed by atoms with Crippen LogP contribution in [-0.2, 0) is 0 Å². The SMILES string of the molecule is O=C(Nc1ccccc1N1CCCC1)c1cnc(-c2ccncc2)s1. The fourth-order valence-corrected chi connectivity index (χ4v) is 3.82. The van der Waals surface area contributed by atoms with E-state index >= 15 is 0 Å². The van der Waals surface area contributed by atoms with Gasteiger partial charge < -0.3 is 10.2 Å². The number of carbonyl (C=O) groups excluding carboxylic acids is 1. The molecule has 1 amide bonds. The fourth-order valence-electron chi connectivity index (χ4n) is 3.00. The Morgan fingerprint density at radius 3 is 2.64 bits per heavy atom. The molecule has 0 unspecified atom stereocenters. The number of pyridine rings is 1. The van der Waals surface area contributed by atoms with E-state index in [0.717, 1.165) is 35.0 Å². The summed E-state index contributed by atoms with van der Waals surface area (Å²) in [5.74, 6) is -0.121. The van der Waals surface area contributed by atoms with Crippen molar-refractivity contribution in [2.45, 2.75) is 12.8 Å². The monoisotopic (exact) mass is 350 g/mol. The van der Waals surface area contributed by atoms with Gasteiger partial charge in [0.15, 0.2) is 0 Å². The Bertz CT molecular complexity index is 872. The van der Waals surface area contributed by atoms with Crippen molar-refractivity contribution in [1.82, 2.24) is 9.97 Å². The molecule has 0 atom stereocenters. The van der Waals surface area contributed by atoms with Gasteiger partial charge >= 0.3 is 0 Å². The summed E-state index contributed by atoms with van der Waals surface area (Å²) < 4.78 is 0. The zero-order chi connectivity index (χ0) is 17.1. The van der Waals surface area contributed by atoms with Gasteiger partial charge in [0.2, 0.25) is 0 Å². The third kappa shape index (κ3) is 3.39. The highest BCUT2D eigenvalue weighted by atomic mass is 32.1. The van der Waals surface area contributed by atoms with Crippen LogP contribution < -0.4 is 10.2 Å². The number of aromatic nitrogens is 2. The van der Waals surface area contributed by atoms with Crippen LogP contribution in [0.4, 0.5) is 11.4 Å². The highest BCUT2D eigenvalue weighted by Crippen LogP contribution is 2.30. The van der Waals surface area contributed by atoms with Crippen LogP contribution in [0.15, 0.2) is 55.0 Å². The lowest BCUT2D eigenvalue weighted by Crippen LogP contribution is -2.20. The Balaban J connectivity index is 1.54. The normalized spacial score (nSPS) is 13.8. The molecule has 0 saturated carbocycles. The molecular formula is C19H18N4OS. The van der Waals surface area contributed by atoms with Crippen molar-refractivity contribution >= 4 is 28.6 Å². The van der Waals surface area contributed by atoms with Gasteiger partial charge in [0.05, 0.1) is 17.6 Å². The average molecular weight is 350 g/mol. The minimum absolute atomic E-state index is 0.121. The van der Waals surface area contributed by atoms with E-state index < -0.39 is 0 Å². The number of hydrogen-bond donors (Lipinski definition) is 1. The molecule has 1 saturated heterocycles. The zero-order valence-corrected chi connectivity index (χ0v) is 14.5. The van der Waals surface area contributed by atoms with Gasteiger partial charge in [-0.2, -0.15) is 0 Å². The van der Waals surface area contributed by atoms with Gasteiger partial charge in [0, 0.05) is 31.0 Å². The van der Waals surface area contributed by atoms with Crippen molar-refractivity contribution in [1.29, 1.82) is 0 Å². The molecule has 126 valence electrons. The van der Waals surface area contributed by atoms with Crippen LogP contribution in [0.3, 0.4) is 0 Å². The Kier molecular flexibility index (Phi) is 4.43. The lowest BCUT2D eigenvalue weighted by molar-refractivity contribution is 0.103. The number of nitrogens with one attached hydrogen (secondary N) is 1. The first-order valence-electron chi connectivity index (χ1n) is 8.33. The number of amides is 1. The van der Waals surface area contributed by atoms with Gasteiger partial charge in [0.25, 0.3) is 5.91 Å². The van der Waals surface area contributed by atoms with E-state index in [-0.39, 0.29) is 5.91 Å². The van der Waals surface area contributed by atoms with Crippen LogP contribution in [0.5, 0.6) is 0 Å². The minimum atomic E-state index is -0.121. The van der Waals surface area contributed by atoms with Gasteiger partial charge in [0.1, 0.15) is 9.88 Å². The molecule has 1 N–H and O–H groups in total. The number of thiazole rings is 1. The standard InChI is InChI=1S/C19H18N4OS/c24-18(17-13-21-19(25-17)14-7-9-20-10-8-14)22-15-5-1-2-6-16(15)23-11-3-4-12-23/h1-2,5-10,13H,3-4,11-12H2,(H,22,24). The van der Waals surface area contributed by atoms with E-state index in [1.165, 1.54) is 24.2 Å². The Morgan fingerprint density at radius 2 is 1.84 bits per heavy atom. The maximum atomic E-state index is 12.7. The molecule has 0 aliphatic carbocycles. The summed E-state index contributed by atoms with van der Waals surface area (Å²) in [5, 5.41) is 3.87. The molecule has 1 aliphatic heterocycles. The van der Waals surface area contributed by atoms with Crippen molar-refractivity contribution < 1.29 is 4.79 Å². The number of nitrogens with zero attached hydrogens (tertiary/aromatic N) is 3. The number of carbonyl (C=O) groups is 1. The average Bonchev–Trinajstić information content (AvgIpc) is 3.35. The Hall–Kier alpha value is -2.73. The lowest BCUT2D eigenvalue weighted by Gasteiger charge is -2.21. The fraction of sp³-hybridized carbons (Fsp3) is 0.211. The number of benzene rings is 1. The molecule has 6 heteroatoms. The summed E-state index contributed by atoms with van der Waals surface area (Å²) in [5.41, 5.74) is 2.91. The van der Waals surface area contributed by atoms with E-state index in [4.69, 9.17) is 0 Å². The largest absolute Gasteiger partial charge is 0.370 e. The van der Waals surface area contributed by atoms with Crippen molar-refractivity contribution in [2.24, 2.45) is 0 Å². The molecule has 1 aliphatic rings. The van der Waals surface area contributed by atoms with Crippen LogP contribution in [-0.4, -0.2) is 29.0 Å². The summed E-state index contributed by atoms with van der Waals surface area (Å²) in [7, 11) is 0. The van der Waals surface area contributed by atoms with E-state index in [9.17, 15) is 4.79 Å². The molecule has 0 spiro atoms. The first kappa shape index (κ1) is 15.8. The van der Waals surface area contributed by atoms with Crippen LogP contribution in [0.1, 0.15) is 22.5 Å². The molecule has 4 rings (SSSR count). The van der Waals surface area contributed by atoms with E-state index in [1.807, 2.05) is 30.3 Å². The maximum Gasteiger partial charge on any atom is 0.267 e. The highest BCUT2D eigenvalue weighted by Gasteiger charge is 2.18. The first-order chi connectivity index (χ1) is 12.3. The van der Waals surface area contributed by atoms with Crippen LogP contribution in [0.25, 0.3) is 10.6 Å². The molecule has 0 bridgehead atoms. The predicted octanol–water partition coefficient (Wildman–Crippen LogP) is 4.06. The van der Waals surface area contributed by atoms with E-state index in [0.29, 0.717) is 4.88 Å². The minimum Gasteiger partial charge on any atom is -0.370 e. The molecular weight excluding hydrogens is 332 g/mol. The van der Waals surface area contributed by atoms with Crippen LogP contribution in [0.2, 0.25) is 0 Å². The highest BCUT2D eigenvalue weighted by molar-refractivity contribution is 7.17. The molecule has 5 nitrogen and oxygen atoms in total. The Morgan fingerprint density at radius 1 is 1.08 bits per heavy atom. The van der Waals surface area contributed by atoms with Crippen molar-refractivity contribution in [3.8, 4) is 10.6 Å². The predicted molar refractivity (Wildman–Crippen MR) is 101 cm³/mol. The number of rotatable bonds is 4. The van der Waals surface area contributed by atoms with Crippen molar-refractivity contribution in [3.63, 3.8) is 0 Å². The van der Waals surface area contributed by atoms with Crippen molar-refractivity contribution in [2.75, 3.05) is 23.3 Å². The summed E-state index contributed by atoms with van der Waals surface area (Å²) >= 11 is 1.39. The van der Waals surface area contributed by atoms with E-state index in [1.54, 1.807) is 18.6 Å². The summed E-state index contributed by atoms with van der Waals surface area (Å²) in [6.45, 7) is 2.08. The first-order valence-corrected chi connectivity index (χ1v) is 9.14. The molecule has 3 heterocycles. The topological polar surface area (TPSA) is 58.1 Å². The third-order valence-corrected chi connectivity index (χ3v) is 5.30. The molecule has 3 aromatic rings. The van der Waals surface area contributed by atoms with Gasteiger partial charge in [-0.1, -0.05) is 12.1 Å². The lowest BCUT2D eigenvalue weighted by atomic mass is 10.2. The smallest absolute Gasteiger partial charge is 0.267 e. The summed E-state index contributed by atoms with van der Waals surface area (Å²) in [6.07, 6.45) is 7.48. The second-order valence-corrected chi connectivity index (χ2v) is 6.96. The molecule has 2 aromatic heterocycles. The van der Waals surface area contributed by atoms with Crippen LogP contribution >= 0.6 is 11.3 Å². The van der Waals surface area contributed by atoms with Crippen LogP contribution in [0, 0.1) is 0 Å². The summed E-state index contributed by atoms with van der Waals surface area (Å²) in [6, 6.07) is 11.8. The van der Waals surface area contributed by atoms with Gasteiger partial charge in [-0.25, -0.2) is 4.98 Å². The van der Waals surface area contributed by atoms with Gasteiger partial charge in [-0.05, 0) is 37.1 Å². The quantitative estimate of drug-likeness (QED) is 0.771. The maximum absolute atomic E-state index is 12.7. The number of hydrogen-bond acceptors (Lipinski definition) is 5. The molecule has 1 aromatic carbocycles. The number of para-hydroxylation sites is 2. The van der Waals surface area contributed by atoms with Gasteiger partial charge in [-0.3, -0.25) is 9.78 Å². The second-order valence-electron chi connectivity index (χ2n) is 5.93. The molecule has 1 fully saturated rings. The summed E-state index contributed by atoms with van der Waals surface area (Å²) in [4.78, 5) is 24.0. The molecule has 25 heavy (non-hydrogen) atoms. The third-order valence-electron chi connectivity index (χ3n) is 4.26. The second kappa shape index (κ2) is 7.03. The molecule has 0 radical (unpaired) electrons.